The molecule has 7 heteroatoms. The summed E-state index contributed by atoms with van der Waals surface area (Å²) >= 11 is 0. The molecule has 116 valence electrons. The Morgan fingerprint density at radius 1 is 1.43 bits per heavy atom. The Kier molecular flexibility index (Phi) is 4.53. The Labute approximate surface area is 124 Å². The van der Waals surface area contributed by atoms with Crippen LogP contribution >= 0.6 is 0 Å². The third-order valence-corrected chi connectivity index (χ3v) is 5.30. The number of hydrogen-bond donors (Lipinski definition) is 1. The van der Waals surface area contributed by atoms with Gasteiger partial charge in [-0.05, 0) is 25.8 Å². The van der Waals surface area contributed by atoms with Gasteiger partial charge in [-0.15, -0.1) is 0 Å². The summed E-state index contributed by atoms with van der Waals surface area (Å²) in [5.41, 5.74) is 1.02. The molecule has 0 aromatic carbocycles. The second kappa shape index (κ2) is 6.03. The van der Waals surface area contributed by atoms with Crippen LogP contribution < -0.4 is 0 Å². The number of sulfonamides is 1. The molecule has 2 heterocycles. The number of aromatic carboxylic acids is 1. The fourth-order valence-electron chi connectivity index (χ4n) is 2.46. The van der Waals surface area contributed by atoms with Crippen molar-refractivity contribution >= 4 is 16.0 Å². The van der Waals surface area contributed by atoms with E-state index in [-0.39, 0.29) is 10.6 Å². The van der Waals surface area contributed by atoms with Gasteiger partial charge < -0.3 is 9.67 Å². The minimum absolute atomic E-state index is 0.0136. The zero-order chi connectivity index (χ0) is 15.6. The molecule has 0 unspecified atom stereocenters. The molecular weight excluding hydrogens is 292 g/mol. The topological polar surface area (TPSA) is 79.6 Å². The number of nitrogens with zero attached hydrogens (tertiary/aromatic N) is 2. The highest BCUT2D eigenvalue weighted by Gasteiger charge is 2.28. The van der Waals surface area contributed by atoms with E-state index in [4.69, 9.17) is 0 Å². The lowest BCUT2D eigenvalue weighted by Gasteiger charge is -2.24. The van der Waals surface area contributed by atoms with Crippen molar-refractivity contribution in [3.63, 3.8) is 0 Å². The summed E-state index contributed by atoms with van der Waals surface area (Å²) in [6.07, 6.45) is 4.87. The summed E-state index contributed by atoms with van der Waals surface area (Å²) in [5, 5.41) is 9.19. The first-order valence-electron chi connectivity index (χ1n) is 6.95. The quantitative estimate of drug-likeness (QED) is 0.843. The van der Waals surface area contributed by atoms with Crippen LogP contribution in [0, 0.1) is 0 Å². The van der Waals surface area contributed by atoms with Gasteiger partial charge in [-0.1, -0.05) is 18.6 Å². The number of carboxylic acid groups (broad SMARTS) is 1. The molecule has 0 radical (unpaired) electrons. The SMILES string of the molecule is CCCn1cc(S(=O)(=O)N2CCC=C(C)C2)cc1C(=O)O. The van der Waals surface area contributed by atoms with E-state index in [1.165, 1.54) is 21.1 Å². The first-order chi connectivity index (χ1) is 9.86. The van der Waals surface area contributed by atoms with E-state index >= 15 is 0 Å². The minimum Gasteiger partial charge on any atom is -0.477 e. The number of aryl methyl sites for hydroxylation is 1. The molecule has 0 saturated heterocycles. The van der Waals surface area contributed by atoms with Gasteiger partial charge in [0.25, 0.3) is 0 Å². The lowest BCUT2D eigenvalue weighted by molar-refractivity contribution is 0.0685. The van der Waals surface area contributed by atoms with E-state index in [2.05, 4.69) is 0 Å². The first-order valence-corrected chi connectivity index (χ1v) is 8.39. The predicted octanol–water partition coefficient (Wildman–Crippen LogP) is 1.94. The zero-order valence-electron chi connectivity index (χ0n) is 12.2. The van der Waals surface area contributed by atoms with Gasteiger partial charge in [0, 0.05) is 25.8 Å². The molecule has 6 nitrogen and oxygen atoms in total. The van der Waals surface area contributed by atoms with Gasteiger partial charge in [0.2, 0.25) is 10.0 Å². The first kappa shape index (κ1) is 15.8. The number of rotatable bonds is 5. The average molecular weight is 312 g/mol. The maximum Gasteiger partial charge on any atom is 0.352 e. The summed E-state index contributed by atoms with van der Waals surface area (Å²) in [6, 6.07) is 1.25. The van der Waals surface area contributed by atoms with Crippen molar-refractivity contribution in [2.75, 3.05) is 13.1 Å². The number of hydrogen-bond acceptors (Lipinski definition) is 3. The Hall–Kier alpha value is -1.60. The normalized spacial score (nSPS) is 16.8. The van der Waals surface area contributed by atoms with Crippen LogP contribution in [0.1, 0.15) is 37.2 Å². The summed E-state index contributed by atoms with van der Waals surface area (Å²) in [6.45, 7) is 5.09. The lowest BCUT2D eigenvalue weighted by Crippen LogP contribution is -2.35. The zero-order valence-corrected chi connectivity index (χ0v) is 13.1. The standard InChI is InChI=1S/C14H20N2O4S/c1-3-6-15-10-12(8-13(15)14(17)18)21(19,20)16-7-4-5-11(2)9-16/h5,8,10H,3-4,6-7,9H2,1-2H3,(H,17,18). The van der Waals surface area contributed by atoms with Crippen molar-refractivity contribution in [2.24, 2.45) is 0 Å². The van der Waals surface area contributed by atoms with E-state index in [1.54, 1.807) is 0 Å². The third kappa shape index (κ3) is 3.19. The van der Waals surface area contributed by atoms with Crippen LogP contribution in [0.4, 0.5) is 0 Å². The monoisotopic (exact) mass is 312 g/mol. The van der Waals surface area contributed by atoms with Gasteiger partial charge in [0.05, 0.1) is 0 Å². The second-order valence-electron chi connectivity index (χ2n) is 5.24. The molecule has 1 aromatic heterocycles. The minimum atomic E-state index is -3.64. The van der Waals surface area contributed by atoms with E-state index in [0.29, 0.717) is 26.1 Å². The third-order valence-electron chi connectivity index (χ3n) is 3.49. The Morgan fingerprint density at radius 3 is 2.71 bits per heavy atom. The van der Waals surface area contributed by atoms with Gasteiger partial charge in [-0.2, -0.15) is 4.31 Å². The van der Waals surface area contributed by atoms with Crippen LogP contribution in [0.15, 0.2) is 28.8 Å². The second-order valence-corrected chi connectivity index (χ2v) is 7.18. The highest BCUT2D eigenvalue weighted by atomic mass is 32.2. The van der Waals surface area contributed by atoms with Crippen molar-refractivity contribution in [3.8, 4) is 0 Å². The predicted molar refractivity (Wildman–Crippen MR) is 78.8 cm³/mol. The molecule has 0 fully saturated rings. The molecule has 0 aliphatic carbocycles. The van der Waals surface area contributed by atoms with Crippen LogP contribution in [-0.4, -0.2) is 41.5 Å². The van der Waals surface area contributed by atoms with Crippen LogP contribution in [0.25, 0.3) is 0 Å². The average Bonchev–Trinajstić information content (AvgIpc) is 2.84. The van der Waals surface area contributed by atoms with E-state index in [9.17, 15) is 18.3 Å². The maximum atomic E-state index is 12.6. The number of aromatic nitrogens is 1. The highest BCUT2D eigenvalue weighted by molar-refractivity contribution is 7.89. The Bertz CT molecular complexity index is 673. The fourth-order valence-corrected chi connectivity index (χ4v) is 4.00. The van der Waals surface area contributed by atoms with Crippen LogP contribution in [0.2, 0.25) is 0 Å². The van der Waals surface area contributed by atoms with Gasteiger partial charge in [-0.25, -0.2) is 13.2 Å². The summed E-state index contributed by atoms with van der Waals surface area (Å²) in [4.78, 5) is 11.3. The summed E-state index contributed by atoms with van der Waals surface area (Å²) in [5.74, 6) is -1.11. The molecule has 0 amide bonds. The summed E-state index contributed by atoms with van der Waals surface area (Å²) < 4.78 is 28.1. The lowest BCUT2D eigenvalue weighted by atomic mass is 10.2. The van der Waals surface area contributed by atoms with Gasteiger partial charge >= 0.3 is 5.97 Å². The number of carbonyl (C=O) groups is 1. The smallest absolute Gasteiger partial charge is 0.352 e. The highest BCUT2D eigenvalue weighted by Crippen LogP contribution is 2.23. The Balaban J connectivity index is 2.38. The van der Waals surface area contributed by atoms with Crippen molar-refractivity contribution < 1.29 is 18.3 Å². The molecule has 0 spiro atoms. The molecule has 21 heavy (non-hydrogen) atoms. The molecule has 0 atom stereocenters. The van der Waals surface area contributed by atoms with Crippen LogP contribution in [-0.2, 0) is 16.6 Å². The molecule has 0 bridgehead atoms. The molecule has 1 aliphatic rings. The molecule has 1 aromatic rings. The van der Waals surface area contributed by atoms with Crippen molar-refractivity contribution in [1.82, 2.24) is 8.87 Å². The van der Waals surface area contributed by atoms with Crippen molar-refractivity contribution in [3.05, 3.63) is 29.6 Å². The molecule has 0 saturated carbocycles. The van der Waals surface area contributed by atoms with Crippen LogP contribution in [0.3, 0.4) is 0 Å². The fraction of sp³-hybridized carbons (Fsp3) is 0.500. The van der Waals surface area contributed by atoms with E-state index < -0.39 is 16.0 Å². The van der Waals surface area contributed by atoms with Crippen molar-refractivity contribution in [2.45, 2.75) is 38.1 Å². The molecular formula is C14H20N2O4S. The maximum absolute atomic E-state index is 12.6. The van der Waals surface area contributed by atoms with Crippen LogP contribution in [0.5, 0.6) is 0 Å². The number of carboxylic acids is 1. The molecule has 2 rings (SSSR count). The molecule has 1 aliphatic heterocycles. The van der Waals surface area contributed by atoms with Crippen molar-refractivity contribution in [1.29, 1.82) is 0 Å². The molecule has 1 N–H and O–H groups in total. The summed E-state index contributed by atoms with van der Waals surface area (Å²) in [7, 11) is -3.64. The van der Waals surface area contributed by atoms with E-state index in [0.717, 1.165) is 12.0 Å². The van der Waals surface area contributed by atoms with E-state index in [1.807, 2.05) is 19.9 Å². The van der Waals surface area contributed by atoms with Gasteiger partial charge in [-0.3, -0.25) is 0 Å². The largest absolute Gasteiger partial charge is 0.477 e. The van der Waals surface area contributed by atoms with Gasteiger partial charge in [0.1, 0.15) is 10.6 Å². The Morgan fingerprint density at radius 2 is 2.14 bits per heavy atom. The van der Waals surface area contributed by atoms with Gasteiger partial charge in [0.15, 0.2) is 0 Å².